The summed E-state index contributed by atoms with van der Waals surface area (Å²) >= 11 is 14.5. The summed E-state index contributed by atoms with van der Waals surface area (Å²) in [6.45, 7) is 2.21. The number of fused-ring (bicyclic) bond motifs is 3. The Kier molecular flexibility index (Phi) is 6.48. The summed E-state index contributed by atoms with van der Waals surface area (Å²) < 4.78 is 13.1. The van der Waals surface area contributed by atoms with Crippen LogP contribution >= 0.6 is 34.5 Å². The Balaban J connectivity index is 1.14. The molecule has 2 aromatic carbocycles. The summed E-state index contributed by atoms with van der Waals surface area (Å²) in [6, 6.07) is 8.70. The number of carboxylic acid groups (broad SMARTS) is 1. The molecule has 2 aromatic heterocycles. The molecule has 208 valence electrons. The highest BCUT2D eigenvalue weighted by atomic mass is 35.5. The van der Waals surface area contributed by atoms with Gasteiger partial charge in [0.1, 0.15) is 22.1 Å². The molecule has 40 heavy (non-hydrogen) atoms. The highest BCUT2D eigenvalue weighted by Crippen LogP contribution is 2.57. The van der Waals surface area contributed by atoms with E-state index in [0.717, 1.165) is 52.8 Å². The van der Waals surface area contributed by atoms with Gasteiger partial charge < -0.3 is 19.5 Å². The predicted octanol–water partition coefficient (Wildman–Crippen LogP) is 7.74. The molecule has 2 unspecified atom stereocenters. The molecule has 3 saturated carbocycles. The van der Waals surface area contributed by atoms with E-state index in [0.29, 0.717) is 51.7 Å². The lowest BCUT2D eigenvalue weighted by Gasteiger charge is -2.41. The smallest absolute Gasteiger partial charge is 0.335 e. The van der Waals surface area contributed by atoms with Crippen molar-refractivity contribution in [2.75, 3.05) is 0 Å². The third-order valence-electron chi connectivity index (χ3n) is 8.91. The van der Waals surface area contributed by atoms with Crippen LogP contribution in [0.15, 0.2) is 34.9 Å². The van der Waals surface area contributed by atoms with Crippen molar-refractivity contribution in [2.24, 2.45) is 11.8 Å². The first-order chi connectivity index (χ1) is 19.2. The van der Waals surface area contributed by atoms with E-state index in [1.165, 1.54) is 11.3 Å². The second-order valence-corrected chi connectivity index (χ2v) is 13.3. The minimum absolute atomic E-state index is 0.0129. The van der Waals surface area contributed by atoms with E-state index in [1.807, 2.05) is 13.0 Å². The van der Waals surface area contributed by atoms with Crippen molar-refractivity contribution in [3.8, 4) is 11.3 Å². The minimum atomic E-state index is -1.04. The fourth-order valence-corrected chi connectivity index (χ4v) is 8.64. The SMILES string of the molecule is Cc1cc(C(=O)O)cc2sc(C3(O)C4CCC3CC(OCc3c(-c5c(Cl)cccc5Cl)noc3C3CC3)C4)nc12. The standard InChI is InChI=1S/C30H28Cl2N2O5S/c1-14-9-16(28(35)36)10-23-25(14)33-29(40-23)30(37)17-7-8-18(30)12-19(11-17)38-13-20-26(34-39-27(20)15-5-6-15)24-21(31)3-2-4-22(24)32/h2-4,9-10,15,17-19,37H,5-8,11-13H2,1H3,(H,35,36). The van der Waals surface area contributed by atoms with Crippen LogP contribution in [0.1, 0.15) is 76.7 Å². The Labute approximate surface area is 245 Å². The lowest BCUT2D eigenvalue weighted by atomic mass is 9.73. The van der Waals surface area contributed by atoms with Crippen LogP contribution in [0.4, 0.5) is 0 Å². The highest BCUT2D eigenvalue weighted by Gasteiger charge is 2.56. The van der Waals surface area contributed by atoms with Gasteiger partial charge in [0, 0.05) is 17.0 Å². The van der Waals surface area contributed by atoms with Crippen molar-refractivity contribution in [3.63, 3.8) is 0 Å². The molecule has 2 N–H and O–H groups in total. The number of ether oxygens (including phenoxy) is 1. The van der Waals surface area contributed by atoms with Gasteiger partial charge in [-0.1, -0.05) is 34.4 Å². The fourth-order valence-electron chi connectivity index (χ4n) is 6.73. The van der Waals surface area contributed by atoms with Gasteiger partial charge in [-0.05, 0) is 87.1 Å². The molecule has 3 aliphatic rings. The fraction of sp³-hybridized carbons (Fsp3) is 0.433. The Morgan fingerprint density at radius 3 is 2.50 bits per heavy atom. The Morgan fingerprint density at radius 2 is 1.85 bits per heavy atom. The van der Waals surface area contributed by atoms with E-state index >= 15 is 0 Å². The zero-order valence-corrected chi connectivity index (χ0v) is 24.2. The lowest BCUT2D eigenvalue weighted by molar-refractivity contribution is -0.116. The van der Waals surface area contributed by atoms with E-state index < -0.39 is 11.6 Å². The van der Waals surface area contributed by atoms with E-state index in [1.54, 1.807) is 24.3 Å². The second kappa shape index (κ2) is 9.81. The molecule has 3 fully saturated rings. The topological polar surface area (TPSA) is 106 Å². The monoisotopic (exact) mass is 598 g/mol. The van der Waals surface area contributed by atoms with Crippen LogP contribution < -0.4 is 0 Å². The molecule has 0 saturated heterocycles. The van der Waals surface area contributed by atoms with E-state index in [9.17, 15) is 15.0 Å². The van der Waals surface area contributed by atoms with Crippen LogP contribution in [0.5, 0.6) is 0 Å². The summed E-state index contributed by atoms with van der Waals surface area (Å²) in [4.78, 5) is 16.4. The number of nitrogens with zero attached hydrogens (tertiary/aromatic N) is 2. The number of aromatic carboxylic acids is 1. The average molecular weight is 600 g/mol. The van der Waals surface area contributed by atoms with Gasteiger partial charge in [0.2, 0.25) is 0 Å². The molecular weight excluding hydrogens is 571 g/mol. The number of aromatic nitrogens is 2. The van der Waals surface area contributed by atoms with Crippen LogP contribution in [0.3, 0.4) is 0 Å². The van der Waals surface area contributed by atoms with E-state index in [4.69, 9.17) is 37.4 Å². The maximum Gasteiger partial charge on any atom is 0.335 e. The number of halogens is 2. The van der Waals surface area contributed by atoms with Gasteiger partial charge in [0.25, 0.3) is 0 Å². The summed E-state index contributed by atoms with van der Waals surface area (Å²) in [7, 11) is 0. The van der Waals surface area contributed by atoms with Gasteiger partial charge in [-0.25, -0.2) is 9.78 Å². The van der Waals surface area contributed by atoms with Crippen molar-refractivity contribution in [3.05, 3.63) is 67.8 Å². The quantitative estimate of drug-likeness (QED) is 0.224. The molecule has 2 atom stereocenters. The Bertz CT molecular complexity index is 1610. The first kappa shape index (κ1) is 26.4. The Hall–Kier alpha value is -2.49. The summed E-state index contributed by atoms with van der Waals surface area (Å²) in [5, 5.41) is 27.7. The maximum atomic E-state index is 12.1. The minimum Gasteiger partial charge on any atom is -0.478 e. The van der Waals surface area contributed by atoms with Crippen LogP contribution in [0.2, 0.25) is 10.0 Å². The van der Waals surface area contributed by atoms with Gasteiger partial charge in [0.15, 0.2) is 0 Å². The number of thiazole rings is 1. The number of aliphatic hydroxyl groups is 1. The molecule has 2 bridgehead atoms. The number of carbonyl (C=O) groups is 1. The number of aryl methyl sites for hydroxylation is 1. The van der Waals surface area contributed by atoms with Gasteiger partial charge in [-0.2, -0.15) is 0 Å². The number of hydrogen-bond acceptors (Lipinski definition) is 7. The summed E-state index contributed by atoms with van der Waals surface area (Å²) in [6.07, 6.45) is 5.34. The van der Waals surface area contributed by atoms with Gasteiger partial charge in [-0.3, -0.25) is 0 Å². The number of rotatable bonds is 7. The van der Waals surface area contributed by atoms with Gasteiger partial charge >= 0.3 is 5.97 Å². The van der Waals surface area contributed by atoms with Crippen LogP contribution in [0.25, 0.3) is 21.5 Å². The predicted molar refractivity (Wildman–Crippen MR) is 153 cm³/mol. The molecule has 0 radical (unpaired) electrons. The largest absolute Gasteiger partial charge is 0.478 e. The molecule has 0 aliphatic heterocycles. The first-order valence-electron chi connectivity index (χ1n) is 13.7. The molecule has 2 heterocycles. The van der Waals surface area contributed by atoms with Gasteiger partial charge in [-0.15, -0.1) is 11.3 Å². The molecule has 0 spiro atoms. The normalized spacial score (nSPS) is 26.1. The molecular formula is C30H28Cl2N2O5S. The van der Waals surface area contributed by atoms with Crippen molar-refractivity contribution in [2.45, 2.75) is 69.7 Å². The highest BCUT2D eigenvalue weighted by molar-refractivity contribution is 7.18. The lowest BCUT2D eigenvalue weighted by Crippen LogP contribution is -2.44. The second-order valence-electron chi connectivity index (χ2n) is 11.4. The molecule has 0 amide bonds. The first-order valence-corrected chi connectivity index (χ1v) is 15.2. The van der Waals surface area contributed by atoms with Crippen LogP contribution in [-0.4, -0.2) is 32.4 Å². The van der Waals surface area contributed by atoms with Crippen molar-refractivity contribution < 1.29 is 24.3 Å². The average Bonchev–Trinajstić information content (AvgIpc) is 3.49. The number of hydrogen-bond donors (Lipinski definition) is 2. The molecule has 7 nitrogen and oxygen atoms in total. The summed E-state index contributed by atoms with van der Waals surface area (Å²) in [5.74, 6) is 0.261. The summed E-state index contributed by atoms with van der Waals surface area (Å²) in [5.41, 5.74) is 2.98. The zero-order valence-electron chi connectivity index (χ0n) is 21.8. The Morgan fingerprint density at radius 1 is 1.15 bits per heavy atom. The van der Waals surface area contributed by atoms with Crippen molar-refractivity contribution in [1.82, 2.24) is 10.1 Å². The van der Waals surface area contributed by atoms with E-state index in [2.05, 4.69) is 5.16 Å². The third kappa shape index (κ3) is 4.27. The maximum absolute atomic E-state index is 12.1. The number of carboxylic acids is 1. The van der Waals surface area contributed by atoms with Crippen molar-refractivity contribution in [1.29, 1.82) is 0 Å². The van der Waals surface area contributed by atoms with Crippen LogP contribution in [-0.2, 0) is 16.9 Å². The van der Waals surface area contributed by atoms with Gasteiger partial charge in [0.05, 0.1) is 38.5 Å². The third-order valence-corrected chi connectivity index (χ3v) is 10.7. The molecule has 10 heteroatoms. The molecule has 7 rings (SSSR count). The zero-order chi connectivity index (χ0) is 27.8. The van der Waals surface area contributed by atoms with E-state index in [-0.39, 0.29) is 23.5 Å². The van der Waals surface area contributed by atoms with Crippen LogP contribution in [0, 0.1) is 18.8 Å². The molecule has 4 aromatic rings. The molecule has 3 aliphatic carbocycles. The number of benzene rings is 2. The van der Waals surface area contributed by atoms with Crippen molar-refractivity contribution >= 4 is 50.7 Å².